The molecule has 1 amide bonds. The molecule has 124 valence electrons. The third kappa shape index (κ3) is 3.24. The number of fused-ring (bicyclic) bond motifs is 1. The van der Waals surface area contributed by atoms with Crippen molar-refractivity contribution in [2.45, 2.75) is 38.8 Å². The Balaban J connectivity index is 1.79. The van der Waals surface area contributed by atoms with Crippen LogP contribution >= 0.6 is 11.6 Å². The second-order valence-corrected chi connectivity index (χ2v) is 7.07. The van der Waals surface area contributed by atoms with Gasteiger partial charge >= 0.3 is 6.09 Å². The number of nitrogens with zero attached hydrogens (tertiary/aromatic N) is 4. The van der Waals surface area contributed by atoms with Crippen LogP contribution in [0.1, 0.15) is 33.2 Å². The van der Waals surface area contributed by atoms with Crippen molar-refractivity contribution in [3.05, 3.63) is 23.0 Å². The summed E-state index contributed by atoms with van der Waals surface area (Å²) in [5.74, 6) is -0.520. The van der Waals surface area contributed by atoms with Crippen LogP contribution in [0.3, 0.4) is 0 Å². The van der Waals surface area contributed by atoms with Crippen molar-refractivity contribution in [3.63, 3.8) is 0 Å². The van der Waals surface area contributed by atoms with Crippen LogP contribution in [0.15, 0.2) is 12.1 Å². The first-order valence-corrected chi connectivity index (χ1v) is 7.80. The average molecular weight is 341 g/mol. The van der Waals surface area contributed by atoms with Gasteiger partial charge in [0.25, 0.3) is 0 Å². The highest BCUT2D eigenvalue weighted by molar-refractivity contribution is 6.31. The number of halogens is 2. The van der Waals surface area contributed by atoms with Crippen LogP contribution in [0.2, 0.25) is 5.02 Å². The molecular formula is C15H18ClFN4O2. The molecule has 23 heavy (non-hydrogen) atoms. The molecule has 1 fully saturated rings. The van der Waals surface area contributed by atoms with Gasteiger partial charge in [0.2, 0.25) is 0 Å². The number of ether oxygens (including phenoxy) is 1. The van der Waals surface area contributed by atoms with E-state index in [0.717, 1.165) is 6.42 Å². The van der Waals surface area contributed by atoms with Gasteiger partial charge in [-0.05, 0) is 33.3 Å². The van der Waals surface area contributed by atoms with E-state index in [9.17, 15) is 9.18 Å². The van der Waals surface area contributed by atoms with Crippen LogP contribution in [0, 0.1) is 5.82 Å². The van der Waals surface area contributed by atoms with Crippen molar-refractivity contribution >= 4 is 28.7 Å². The number of benzene rings is 1. The Morgan fingerprint density at radius 3 is 2.87 bits per heavy atom. The molecule has 1 aliphatic rings. The lowest BCUT2D eigenvalue weighted by Crippen LogP contribution is -2.35. The van der Waals surface area contributed by atoms with E-state index < -0.39 is 11.4 Å². The van der Waals surface area contributed by atoms with Crippen molar-refractivity contribution in [2.24, 2.45) is 0 Å². The fraction of sp³-hybridized carbons (Fsp3) is 0.533. The van der Waals surface area contributed by atoms with E-state index in [1.807, 2.05) is 20.8 Å². The van der Waals surface area contributed by atoms with Crippen LogP contribution in [-0.2, 0) is 4.74 Å². The maximum atomic E-state index is 13.5. The molecule has 1 saturated heterocycles. The van der Waals surface area contributed by atoms with Crippen molar-refractivity contribution in [2.75, 3.05) is 13.1 Å². The molecule has 0 bridgehead atoms. The first-order valence-electron chi connectivity index (χ1n) is 7.42. The van der Waals surface area contributed by atoms with Crippen molar-refractivity contribution < 1.29 is 13.9 Å². The molecule has 1 aliphatic heterocycles. The van der Waals surface area contributed by atoms with Gasteiger partial charge in [0.1, 0.15) is 16.9 Å². The lowest BCUT2D eigenvalue weighted by Gasteiger charge is -2.24. The van der Waals surface area contributed by atoms with Gasteiger partial charge < -0.3 is 9.64 Å². The molecule has 0 saturated carbocycles. The predicted octanol–water partition coefficient (Wildman–Crippen LogP) is 3.41. The number of amides is 1. The Morgan fingerprint density at radius 2 is 2.17 bits per heavy atom. The van der Waals surface area contributed by atoms with E-state index in [1.54, 1.807) is 9.58 Å². The van der Waals surface area contributed by atoms with Gasteiger partial charge in [-0.2, -0.15) is 0 Å². The number of likely N-dealkylation sites (tertiary alicyclic amines) is 1. The van der Waals surface area contributed by atoms with E-state index in [1.165, 1.54) is 12.1 Å². The zero-order chi connectivity index (χ0) is 16.8. The van der Waals surface area contributed by atoms with Gasteiger partial charge in [-0.15, -0.1) is 5.10 Å². The maximum Gasteiger partial charge on any atom is 0.410 e. The topological polar surface area (TPSA) is 60.2 Å². The first-order chi connectivity index (χ1) is 10.7. The number of carbonyl (C=O) groups is 1. The Morgan fingerprint density at radius 1 is 1.43 bits per heavy atom. The summed E-state index contributed by atoms with van der Waals surface area (Å²) in [4.78, 5) is 13.8. The molecular weight excluding hydrogens is 323 g/mol. The molecule has 0 N–H and O–H groups in total. The number of hydrogen-bond acceptors (Lipinski definition) is 4. The van der Waals surface area contributed by atoms with E-state index in [-0.39, 0.29) is 17.2 Å². The molecule has 1 aromatic heterocycles. The molecule has 8 heteroatoms. The average Bonchev–Trinajstić information content (AvgIpc) is 3.04. The lowest BCUT2D eigenvalue weighted by molar-refractivity contribution is 0.0288. The second-order valence-electron chi connectivity index (χ2n) is 6.66. The molecule has 0 radical (unpaired) electrons. The maximum absolute atomic E-state index is 13.5. The van der Waals surface area contributed by atoms with Gasteiger partial charge in [0.05, 0.1) is 16.6 Å². The van der Waals surface area contributed by atoms with E-state index in [0.29, 0.717) is 24.1 Å². The summed E-state index contributed by atoms with van der Waals surface area (Å²) in [5.41, 5.74) is 0.579. The Hall–Kier alpha value is -1.89. The second kappa shape index (κ2) is 5.63. The first kappa shape index (κ1) is 16.0. The monoisotopic (exact) mass is 340 g/mol. The molecule has 1 atom stereocenters. The van der Waals surface area contributed by atoms with Gasteiger partial charge in [-0.25, -0.2) is 13.9 Å². The van der Waals surface area contributed by atoms with E-state index in [2.05, 4.69) is 10.3 Å². The number of aromatic nitrogens is 3. The normalized spacial score (nSPS) is 18.7. The van der Waals surface area contributed by atoms with E-state index in [4.69, 9.17) is 16.3 Å². The molecule has 0 spiro atoms. The summed E-state index contributed by atoms with van der Waals surface area (Å²) in [5, 5.41) is 8.10. The smallest absolute Gasteiger partial charge is 0.410 e. The molecule has 0 aliphatic carbocycles. The predicted molar refractivity (Wildman–Crippen MR) is 84.0 cm³/mol. The molecule has 1 aromatic carbocycles. The fourth-order valence-electron chi connectivity index (χ4n) is 2.64. The number of carbonyl (C=O) groups excluding carboxylic acids is 1. The largest absolute Gasteiger partial charge is 0.444 e. The molecule has 2 heterocycles. The van der Waals surface area contributed by atoms with Crippen molar-refractivity contribution in [1.82, 2.24) is 19.9 Å². The molecule has 6 nitrogen and oxygen atoms in total. The van der Waals surface area contributed by atoms with Gasteiger partial charge in [0.15, 0.2) is 0 Å². The van der Waals surface area contributed by atoms with Crippen LogP contribution in [0.25, 0.3) is 11.0 Å². The third-order valence-corrected chi connectivity index (χ3v) is 3.96. The highest BCUT2D eigenvalue weighted by atomic mass is 35.5. The summed E-state index contributed by atoms with van der Waals surface area (Å²) in [6.45, 7) is 6.55. The molecule has 3 rings (SSSR count). The minimum absolute atomic E-state index is 0.0306. The highest BCUT2D eigenvalue weighted by Gasteiger charge is 2.32. The minimum Gasteiger partial charge on any atom is -0.444 e. The van der Waals surface area contributed by atoms with E-state index >= 15 is 0 Å². The Kier molecular flexibility index (Phi) is 3.91. The van der Waals surface area contributed by atoms with Gasteiger partial charge in [0, 0.05) is 19.2 Å². The zero-order valence-corrected chi connectivity index (χ0v) is 14.0. The summed E-state index contributed by atoms with van der Waals surface area (Å²) in [7, 11) is 0. The number of hydrogen-bond donors (Lipinski definition) is 0. The van der Waals surface area contributed by atoms with Crippen LogP contribution in [-0.4, -0.2) is 44.7 Å². The van der Waals surface area contributed by atoms with Crippen LogP contribution < -0.4 is 0 Å². The third-order valence-electron chi connectivity index (χ3n) is 3.67. The quantitative estimate of drug-likeness (QED) is 0.798. The lowest BCUT2D eigenvalue weighted by atomic mass is 10.2. The summed E-state index contributed by atoms with van der Waals surface area (Å²) in [6.07, 6.45) is 0.390. The molecule has 2 aromatic rings. The summed E-state index contributed by atoms with van der Waals surface area (Å²) in [6, 6.07) is 2.75. The highest BCUT2D eigenvalue weighted by Crippen LogP contribution is 2.28. The number of rotatable bonds is 1. The Bertz CT molecular complexity index is 756. The van der Waals surface area contributed by atoms with Gasteiger partial charge in [-0.3, -0.25) is 0 Å². The fourth-order valence-corrected chi connectivity index (χ4v) is 2.80. The summed E-state index contributed by atoms with van der Waals surface area (Å²) < 4.78 is 20.6. The summed E-state index contributed by atoms with van der Waals surface area (Å²) >= 11 is 5.85. The van der Waals surface area contributed by atoms with Crippen molar-refractivity contribution in [3.8, 4) is 0 Å². The zero-order valence-electron chi connectivity index (χ0n) is 13.2. The SMILES string of the molecule is CC(C)(C)OC(=O)N1CCC(n2nnc3cc(F)c(Cl)cc32)C1. The van der Waals surface area contributed by atoms with Crippen LogP contribution in [0.5, 0.6) is 0 Å². The van der Waals surface area contributed by atoms with Crippen LogP contribution in [0.4, 0.5) is 9.18 Å². The standard InChI is InChI=1S/C15H18ClFN4O2/c1-15(2,3)23-14(22)20-5-4-9(8-20)21-13-6-10(16)11(17)7-12(13)18-19-21/h6-7,9H,4-5,8H2,1-3H3. The van der Waals surface area contributed by atoms with Crippen molar-refractivity contribution in [1.29, 1.82) is 0 Å². The molecule has 1 unspecified atom stereocenters. The van der Waals surface area contributed by atoms with Gasteiger partial charge in [-0.1, -0.05) is 16.8 Å². The minimum atomic E-state index is -0.528. The Labute approximate surface area is 138 Å².